The van der Waals surface area contributed by atoms with Crippen LogP contribution in [0.3, 0.4) is 0 Å². The van der Waals surface area contributed by atoms with Crippen LogP contribution in [0.15, 0.2) is 12.3 Å². The van der Waals surface area contributed by atoms with Crippen molar-refractivity contribution in [2.24, 2.45) is 0 Å². The molecule has 0 aromatic carbocycles. The SMILES string of the molecule is CC1CC(NCc2ccns2)CCO1. The third-order valence-electron chi connectivity index (χ3n) is 2.54. The average Bonchev–Trinajstić information content (AvgIpc) is 2.67. The van der Waals surface area contributed by atoms with E-state index in [0.717, 1.165) is 26.0 Å². The van der Waals surface area contributed by atoms with Gasteiger partial charge in [-0.15, -0.1) is 0 Å². The predicted octanol–water partition coefficient (Wildman–Crippen LogP) is 1.80. The van der Waals surface area contributed by atoms with Gasteiger partial charge in [0.05, 0.1) is 6.10 Å². The molecule has 2 heterocycles. The summed E-state index contributed by atoms with van der Waals surface area (Å²) in [6.07, 6.45) is 4.51. The van der Waals surface area contributed by atoms with Crippen molar-refractivity contribution in [3.8, 4) is 0 Å². The first-order valence-corrected chi connectivity index (χ1v) is 5.86. The Hall–Kier alpha value is -0.450. The number of aromatic nitrogens is 1. The van der Waals surface area contributed by atoms with Crippen LogP contribution in [0.2, 0.25) is 0 Å². The molecule has 1 aromatic rings. The number of hydrogen-bond acceptors (Lipinski definition) is 4. The molecular formula is C10H16N2OS. The van der Waals surface area contributed by atoms with E-state index in [1.165, 1.54) is 4.88 Å². The topological polar surface area (TPSA) is 34.2 Å². The molecule has 1 saturated heterocycles. The normalized spacial score (nSPS) is 27.8. The molecule has 3 nitrogen and oxygen atoms in total. The van der Waals surface area contributed by atoms with Crippen molar-refractivity contribution in [1.29, 1.82) is 0 Å². The zero-order chi connectivity index (χ0) is 9.80. The van der Waals surface area contributed by atoms with Crippen LogP contribution in [-0.2, 0) is 11.3 Å². The van der Waals surface area contributed by atoms with E-state index in [9.17, 15) is 0 Å². The Kier molecular flexibility index (Phi) is 3.50. The van der Waals surface area contributed by atoms with E-state index in [0.29, 0.717) is 12.1 Å². The van der Waals surface area contributed by atoms with E-state index < -0.39 is 0 Å². The molecule has 1 aromatic heterocycles. The van der Waals surface area contributed by atoms with Gasteiger partial charge in [-0.2, -0.15) is 0 Å². The van der Waals surface area contributed by atoms with Gasteiger partial charge in [-0.05, 0) is 37.4 Å². The molecule has 0 saturated carbocycles. The van der Waals surface area contributed by atoms with Crippen molar-refractivity contribution in [2.75, 3.05) is 6.61 Å². The number of nitrogens with zero attached hydrogens (tertiary/aromatic N) is 1. The van der Waals surface area contributed by atoms with Crippen molar-refractivity contribution in [2.45, 2.75) is 38.5 Å². The van der Waals surface area contributed by atoms with Crippen molar-refractivity contribution in [3.63, 3.8) is 0 Å². The molecule has 1 N–H and O–H groups in total. The fourth-order valence-corrected chi connectivity index (χ4v) is 2.29. The van der Waals surface area contributed by atoms with Gasteiger partial charge in [0.25, 0.3) is 0 Å². The lowest BCUT2D eigenvalue weighted by atomic mass is 10.0. The van der Waals surface area contributed by atoms with E-state index in [4.69, 9.17) is 4.74 Å². The number of ether oxygens (including phenoxy) is 1. The standard InChI is InChI=1S/C10H16N2OS/c1-8-6-9(3-5-13-8)11-7-10-2-4-12-14-10/h2,4,8-9,11H,3,5-7H2,1H3. The van der Waals surface area contributed by atoms with Gasteiger partial charge >= 0.3 is 0 Å². The fourth-order valence-electron chi connectivity index (χ4n) is 1.76. The molecule has 1 fully saturated rings. The van der Waals surface area contributed by atoms with Crippen molar-refractivity contribution >= 4 is 11.5 Å². The van der Waals surface area contributed by atoms with Gasteiger partial charge in [0, 0.05) is 30.3 Å². The summed E-state index contributed by atoms with van der Waals surface area (Å²) in [6.45, 7) is 3.98. The molecule has 14 heavy (non-hydrogen) atoms. The maximum atomic E-state index is 5.50. The fraction of sp³-hybridized carbons (Fsp3) is 0.700. The van der Waals surface area contributed by atoms with Crippen LogP contribution in [0.5, 0.6) is 0 Å². The number of rotatable bonds is 3. The Morgan fingerprint density at radius 2 is 2.64 bits per heavy atom. The quantitative estimate of drug-likeness (QED) is 0.829. The van der Waals surface area contributed by atoms with Gasteiger partial charge in [-0.3, -0.25) is 0 Å². The highest BCUT2D eigenvalue weighted by molar-refractivity contribution is 7.05. The van der Waals surface area contributed by atoms with E-state index in [1.54, 1.807) is 11.5 Å². The van der Waals surface area contributed by atoms with E-state index in [1.807, 2.05) is 6.20 Å². The van der Waals surface area contributed by atoms with Gasteiger partial charge < -0.3 is 10.1 Å². The lowest BCUT2D eigenvalue weighted by Gasteiger charge is -2.27. The van der Waals surface area contributed by atoms with E-state index >= 15 is 0 Å². The first-order chi connectivity index (χ1) is 6.84. The second-order valence-electron chi connectivity index (χ2n) is 3.76. The summed E-state index contributed by atoms with van der Waals surface area (Å²) in [5, 5.41) is 3.54. The maximum Gasteiger partial charge on any atom is 0.0561 e. The third-order valence-corrected chi connectivity index (χ3v) is 3.28. The van der Waals surface area contributed by atoms with Crippen molar-refractivity contribution < 1.29 is 4.74 Å². The summed E-state index contributed by atoms with van der Waals surface area (Å²) in [4.78, 5) is 1.31. The molecular weight excluding hydrogens is 196 g/mol. The molecule has 2 unspecified atom stereocenters. The zero-order valence-corrected chi connectivity index (χ0v) is 9.22. The summed E-state index contributed by atoms with van der Waals surface area (Å²) < 4.78 is 9.57. The summed E-state index contributed by atoms with van der Waals surface area (Å²) in [6, 6.07) is 2.68. The molecule has 1 aliphatic rings. The molecule has 2 atom stereocenters. The molecule has 0 radical (unpaired) electrons. The monoisotopic (exact) mass is 212 g/mol. The minimum Gasteiger partial charge on any atom is -0.378 e. The summed E-state index contributed by atoms with van der Waals surface area (Å²) >= 11 is 1.57. The summed E-state index contributed by atoms with van der Waals surface area (Å²) in [7, 11) is 0. The van der Waals surface area contributed by atoms with Crippen LogP contribution >= 0.6 is 11.5 Å². The van der Waals surface area contributed by atoms with Crippen LogP contribution in [0, 0.1) is 0 Å². The highest BCUT2D eigenvalue weighted by Crippen LogP contribution is 2.14. The van der Waals surface area contributed by atoms with Crippen LogP contribution < -0.4 is 5.32 Å². The Bertz CT molecular complexity index is 263. The Morgan fingerprint density at radius 1 is 1.71 bits per heavy atom. The van der Waals surface area contributed by atoms with Gasteiger partial charge in [-0.25, -0.2) is 4.37 Å². The van der Waals surface area contributed by atoms with Crippen LogP contribution in [0.1, 0.15) is 24.6 Å². The largest absolute Gasteiger partial charge is 0.378 e. The minimum atomic E-state index is 0.405. The highest BCUT2D eigenvalue weighted by Gasteiger charge is 2.18. The summed E-state index contributed by atoms with van der Waals surface area (Å²) in [5.74, 6) is 0. The maximum absolute atomic E-state index is 5.50. The smallest absolute Gasteiger partial charge is 0.0561 e. The Morgan fingerprint density at radius 3 is 3.36 bits per heavy atom. The summed E-state index contributed by atoms with van der Waals surface area (Å²) in [5.41, 5.74) is 0. The molecule has 0 aliphatic carbocycles. The van der Waals surface area contributed by atoms with Crippen molar-refractivity contribution in [1.82, 2.24) is 9.69 Å². The average molecular weight is 212 g/mol. The molecule has 2 rings (SSSR count). The molecule has 78 valence electrons. The first-order valence-electron chi connectivity index (χ1n) is 5.09. The first kappa shape index (κ1) is 10.1. The van der Waals surface area contributed by atoms with Gasteiger partial charge in [0.1, 0.15) is 0 Å². The number of hydrogen-bond donors (Lipinski definition) is 1. The molecule has 1 aliphatic heterocycles. The van der Waals surface area contributed by atoms with Gasteiger partial charge in [0.2, 0.25) is 0 Å². The van der Waals surface area contributed by atoms with Crippen LogP contribution in [0.4, 0.5) is 0 Å². The predicted molar refractivity (Wildman–Crippen MR) is 57.4 cm³/mol. The van der Waals surface area contributed by atoms with Gasteiger partial charge in [-0.1, -0.05) is 0 Å². The molecule has 0 bridgehead atoms. The van der Waals surface area contributed by atoms with E-state index in [2.05, 4.69) is 22.7 Å². The number of nitrogens with one attached hydrogen (secondary N) is 1. The third kappa shape index (κ3) is 2.77. The van der Waals surface area contributed by atoms with Gasteiger partial charge in [0.15, 0.2) is 0 Å². The molecule has 0 amide bonds. The zero-order valence-electron chi connectivity index (χ0n) is 8.40. The molecule has 0 spiro atoms. The highest BCUT2D eigenvalue weighted by atomic mass is 32.1. The Balaban J connectivity index is 1.75. The second kappa shape index (κ2) is 4.87. The Labute approximate surface area is 88.6 Å². The van der Waals surface area contributed by atoms with Crippen LogP contribution in [-0.4, -0.2) is 23.1 Å². The van der Waals surface area contributed by atoms with Crippen LogP contribution in [0.25, 0.3) is 0 Å². The van der Waals surface area contributed by atoms with Crippen molar-refractivity contribution in [3.05, 3.63) is 17.1 Å². The minimum absolute atomic E-state index is 0.405. The lowest BCUT2D eigenvalue weighted by Crippen LogP contribution is -2.37. The lowest BCUT2D eigenvalue weighted by molar-refractivity contribution is 0.0131. The second-order valence-corrected chi connectivity index (χ2v) is 4.68. The molecule has 4 heteroatoms. The van der Waals surface area contributed by atoms with E-state index in [-0.39, 0.29) is 0 Å².